The Labute approximate surface area is 174 Å². The average molecular weight is 415 g/mol. The van der Waals surface area contributed by atoms with Crippen LogP contribution in [0.25, 0.3) is 0 Å². The van der Waals surface area contributed by atoms with Gasteiger partial charge in [0.25, 0.3) is 0 Å². The van der Waals surface area contributed by atoms with E-state index in [1.807, 2.05) is 12.5 Å². The molecule has 1 aromatic rings. The summed E-state index contributed by atoms with van der Waals surface area (Å²) in [6.07, 6.45) is 21.4. The van der Waals surface area contributed by atoms with E-state index in [2.05, 4.69) is 41.4 Å². The fraction of sp³-hybridized carbons (Fsp3) is 0.762. The summed E-state index contributed by atoms with van der Waals surface area (Å²) in [5.74, 6) is -2.31. The lowest BCUT2D eigenvalue weighted by atomic mass is 10.1. The summed E-state index contributed by atoms with van der Waals surface area (Å²) < 4.78 is 2.18. The molecule has 2 N–H and O–H groups in total. The van der Waals surface area contributed by atoms with E-state index in [1.54, 1.807) is 0 Å². The van der Waals surface area contributed by atoms with Crippen molar-refractivity contribution >= 4 is 23.7 Å². The van der Waals surface area contributed by atoms with Gasteiger partial charge in [0.15, 0.2) is 0 Å². The predicted octanol–water partition coefficient (Wildman–Crippen LogP) is 5.47. The molecule has 1 rings (SSSR count). The maximum atomic E-state index is 9.10. The maximum absolute atomic E-state index is 9.10. The highest BCUT2D eigenvalue weighted by molar-refractivity contribution is 7.99. The lowest BCUT2D eigenvalue weighted by Crippen LogP contribution is -2.09. The highest BCUT2D eigenvalue weighted by Crippen LogP contribution is 2.18. The van der Waals surface area contributed by atoms with Gasteiger partial charge in [-0.05, 0) is 18.6 Å². The van der Waals surface area contributed by atoms with Gasteiger partial charge in [0, 0.05) is 24.2 Å². The first-order valence-electron chi connectivity index (χ1n) is 10.5. The minimum absolute atomic E-state index is 0.765. The first kappa shape index (κ1) is 26.5. The zero-order valence-electron chi connectivity index (χ0n) is 17.5. The van der Waals surface area contributed by atoms with Crippen LogP contribution in [0.4, 0.5) is 0 Å². The molecule has 0 aliphatic carbocycles. The summed E-state index contributed by atoms with van der Waals surface area (Å²) in [5, 5.41) is 15.5. The number of carboxylic acids is 2. The lowest BCUT2D eigenvalue weighted by Gasteiger charge is -2.11. The molecule has 0 fully saturated rings. The van der Waals surface area contributed by atoms with Crippen molar-refractivity contribution in [3.05, 3.63) is 18.7 Å². The van der Waals surface area contributed by atoms with E-state index < -0.39 is 11.9 Å². The summed E-state index contributed by atoms with van der Waals surface area (Å²) in [6, 6.07) is 0. The van der Waals surface area contributed by atoms with E-state index in [-0.39, 0.29) is 0 Å². The topological polar surface area (TPSA) is 92.4 Å². The number of rotatable bonds is 15. The maximum Gasteiger partial charge on any atom is 0.414 e. The van der Waals surface area contributed by atoms with Crippen LogP contribution in [0.3, 0.4) is 0 Å². The van der Waals surface area contributed by atoms with Gasteiger partial charge in [-0.1, -0.05) is 71.6 Å². The molecule has 6 nitrogen and oxygen atoms in total. The number of aryl methyl sites for hydroxylation is 1. The molecule has 0 aliphatic heterocycles. The molecule has 28 heavy (non-hydrogen) atoms. The Bertz CT molecular complexity index is 483. The average Bonchev–Trinajstić information content (AvgIpc) is 3.18. The number of carbonyl (C=O) groups is 2. The van der Waals surface area contributed by atoms with Gasteiger partial charge in [0.2, 0.25) is 0 Å². The number of imidazole rings is 1. The normalized spacial score (nSPS) is 11.5. The highest BCUT2D eigenvalue weighted by Gasteiger charge is 2.04. The van der Waals surface area contributed by atoms with E-state index in [4.69, 9.17) is 19.8 Å². The smallest absolute Gasteiger partial charge is 0.414 e. The summed E-state index contributed by atoms with van der Waals surface area (Å²) in [6.45, 7) is 5.75. The summed E-state index contributed by atoms with van der Waals surface area (Å²) in [5.41, 5.74) is 0. The second kappa shape index (κ2) is 18.8. The third-order valence-corrected chi connectivity index (χ3v) is 5.77. The first-order valence-corrected chi connectivity index (χ1v) is 11.6. The third-order valence-electron chi connectivity index (χ3n) is 4.44. The second-order valence-electron chi connectivity index (χ2n) is 7.06. The number of carboxylic acid groups (broad SMARTS) is 2. The molecule has 7 heteroatoms. The molecule has 1 heterocycles. The Balaban J connectivity index is 0.00000105. The summed E-state index contributed by atoms with van der Waals surface area (Å²) in [4.78, 5) is 22.3. The standard InChI is InChI=1S/C19H36N2S.C2H2O4/c1-3-4-5-6-7-8-9-10-11-12-17-22-19(2)13-15-21-16-14-20-18-21;3-1(4)2(5)6/h14,16,18-19H,3-13,15,17H2,1-2H3;(H,3,4)(H,5,6). The Morgan fingerprint density at radius 3 is 1.96 bits per heavy atom. The largest absolute Gasteiger partial charge is 0.473 e. The zero-order valence-corrected chi connectivity index (χ0v) is 18.3. The van der Waals surface area contributed by atoms with E-state index in [9.17, 15) is 0 Å². The lowest BCUT2D eigenvalue weighted by molar-refractivity contribution is -0.159. The van der Waals surface area contributed by atoms with E-state index in [0.29, 0.717) is 0 Å². The number of aromatic nitrogens is 2. The number of aliphatic carboxylic acids is 2. The quantitative estimate of drug-likeness (QED) is 0.292. The second-order valence-corrected chi connectivity index (χ2v) is 8.61. The number of thioether (sulfide) groups is 1. The van der Waals surface area contributed by atoms with Crippen LogP contribution in [0.15, 0.2) is 18.7 Å². The molecule has 0 saturated heterocycles. The minimum Gasteiger partial charge on any atom is -0.473 e. The van der Waals surface area contributed by atoms with Crippen molar-refractivity contribution in [2.45, 2.75) is 96.3 Å². The van der Waals surface area contributed by atoms with Gasteiger partial charge >= 0.3 is 11.9 Å². The van der Waals surface area contributed by atoms with Crippen molar-refractivity contribution in [1.82, 2.24) is 9.55 Å². The van der Waals surface area contributed by atoms with Crippen LogP contribution in [0.1, 0.15) is 84.5 Å². The predicted molar refractivity (Wildman–Crippen MR) is 116 cm³/mol. The molecular formula is C21H38N2O4S. The summed E-state index contributed by atoms with van der Waals surface area (Å²) in [7, 11) is 0. The van der Waals surface area contributed by atoms with Crippen molar-refractivity contribution < 1.29 is 19.8 Å². The number of hydrogen-bond acceptors (Lipinski definition) is 4. The first-order chi connectivity index (χ1) is 13.5. The SMILES string of the molecule is CCCCCCCCCCCCSC(C)CCn1ccnc1.O=C(O)C(=O)O. The van der Waals surface area contributed by atoms with Crippen LogP contribution in [-0.2, 0) is 16.1 Å². The van der Waals surface area contributed by atoms with Crippen LogP contribution in [-0.4, -0.2) is 42.7 Å². The highest BCUT2D eigenvalue weighted by atomic mass is 32.2. The molecule has 1 unspecified atom stereocenters. The van der Waals surface area contributed by atoms with Crippen molar-refractivity contribution in [2.75, 3.05) is 5.75 Å². The Morgan fingerprint density at radius 1 is 0.964 bits per heavy atom. The Morgan fingerprint density at radius 2 is 1.50 bits per heavy atom. The molecule has 1 aromatic heterocycles. The van der Waals surface area contributed by atoms with Crippen molar-refractivity contribution in [2.24, 2.45) is 0 Å². The van der Waals surface area contributed by atoms with Crippen molar-refractivity contribution in [1.29, 1.82) is 0 Å². The van der Waals surface area contributed by atoms with Gasteiger partial charge in [0.05, 0.1) is 6.33 Å². The number of unbranched alkanes of at least 4 members (excludes halogenated alkanes) is 9. The number of hydrogen-bond donors (Lipinski definition) is 2. The van der Waals surface area contributed by atoms with Gasteiger partial charge in [-0.25, -0.2) is 14.6 Å². The molecule has 0 amide bonds. The molecule has 0 aromatic carbocycles. The van der Waals surface area contributed by atoms with Gasteiger partial charge in [-0.2, -0.15) is 11.8 Å². The molecular weight excluding hydrogens is 376 g/mol. The van der Waals surface area contributed by atoms with Crippen LogP contribution < -0.4 is 0 Å². The van der Waals surface area contributed by atoms with E-state index in [1.165, 1.54) is 76.4 Å². The molecule has 0 bridgehead atoms. The van der Waals surface area contributed by atoms with Gasteiger partial charge in [0.1, 0.15) is 0 Å². The van der Waals surface area contributed by atoms with Crippen LogP contribution >= 0.6 is 11.8 Å². The molecule has 0 saturated carbocycles. The van der Waals surface area contributed by atoms with Gasteiger partial charge in [-0.3, -0.25) is 0 Å². The van der Waals surface area contributed by atoms with Gasteiger partial charge in [-0.15, -0.1) is 0 Å². The zero-order chi connectivity index (χ0) is 21.0. The fourth-order valence-electron chi connectivity index (χ4n) is 2.71. The monoisotopic (exact) mass is 414 g/mol. The molecule has 0 aliphatic rings. The van der Waals surface area contributed by atoms with Crippen LogP contribution in [0.2, 0.25) is 0 Å². The fourth-order valence-corrected chi connectivity index (χ4v) is 3.75. The third kappa shape index (κ3) is 17.9. The molecule has 162 valence electrons. The van der Waals surface area contributed by atoms with Crippen molar-refractivity contribution in [3.63, 3.8) is 0 Å². The van der Waals surface area contributed by atoms with Crippen LogP contribution in [0, 0.1) is 0 Å². The van der Waals surface area contributed by atoms with Crippen LogP contribution in [0.5, 0.6) is 0 Å². The molecule has 0 radical (unpaired) electrons. The Hall–Kier alpha value is -1.50. The van der Waals surface area contributed by atoms with Crippen molar-refractivity contribution in [3.8, 4) is 0 Å². The Kier molecular flexibility index (Phi) is 17.8. The van der Waals surface area contributed by atoms with E-state index in [0.717, 1.165) is 11.8 Å². The minimum atomic E-state index is -1.82. The molecule has 1 atom stereocenters. The van der Waals surface area contributed by atoms with E-state index >= 15 is 0 Å². The van der Waals surface area contributed by atoms with Gasteiger partial charge < -0.3 is 14.8 Å². The summed E-state index contributed by atoms with van der Waals surface area (Å²) >= 11 is 2.14. The number of nitrogens with zero attached hydrogens (tertiary/aromatic N) is 2. The molecule has 0 spiro atoms.